The minimum Gasteiger partial charge on any atom is -0.464 e. The summed E-state index contributed by atoms with van der Waals surface area (Å²) in [6.07, 6.45) is 0.848. The van der Waals surface area contributed by atoms with Crippen LogP contribution in [0.25, 0.3) is 22.4 Å². The van der Waals surface area contributed by atoms with E-state index in [1.807, 2.05) is 30.7 Å². The van der Waals surface area contributed by atoms with E-state index < -0.39 is 0 Å². The highest BCUT2D eigenvalue weighted by atomic mass is 35.5. The van der Waals surface area contributed by atoms with Crippen LogP contribution < -0.4 is 0 Å². The molecule has 1 aliphatic rings. The summed E-state index contributed by atoms with van der Waals surface area (Å²) in [5, 5.41) is 1.91. The van der Waals surface area contributed by atoms with Crippen molar-refractivity contribution in [3.05, 3.63) is 40.2 Å². The van der Waals surface area contributed by atoms with Crippen LogP contribution in [-0.2, 0) is 24.8 Å². The van der Waals surface area contributed by atoms with Crippen molar-refractivity contribution in [3.8, 4) is 11.5 Å². The molecule has 2 aromatic heterocycles. The number of hydrogen-bond acceptors (Lipinski definition) is 3. The monoisotopic (exact) mass is 329 g/mol. The van der Waals surface area contributed by atoms with Gasteiger partial charge in [-0.05, 0) is 31.0 Å². The zero-order valence-electron chi connectivity index (χ0n) is 13.2. The van der Waals surface area contributed by atoms with Gasteiger partial charge in [-0.25, -0.2) is 9.78 Å². The number of esters is 1. The van der Waals surface area contributed by atoms with E-state index in [9.17, 15) is 4.79 Å². The summed E-state index contributed by atoms with van der Waals surface area (Å²) in [7, 11) is 3.41. The third kappa shape index (κ3) is 1.86. The molecule has 3 aromatic rings. The number of nitrogens with zero attached hydrogens (tertiary/aromatic N) is 3. The minimum atomic E-state index is -0.341. The highest BCUT2D eigenvalue weighted by Crippen LogP contribution is 2.38. The molecule has 1 aromatic carbocycles. The Morgan fingerprint density at radius 2 is 2.17 bits per heavy atom. The summed E-state index contributed by atoms with van der Waals surface area (Å²) in [5.41, 5.74) is 4.62. The largest absolute Gasteiger partial charge is 0.464 e. The smallest absolute Gasteiger partial charge is 0.356 e. The molecule has 118 valence electrons. The summed E-state index contributed by atoms with van der Waals surface area (Å²) in [6.45, 7) is 2.56. The maximum Gasteiger partial charge on any atom is 0.356 e. The molecule has 0 unspecified atom stereocenters. The third-order valence-corrected chi connectivity index (χ3v) is 4.82. The van der Waals surface area contributed by atoms with Crippen molar-refractivity contribution in [1.29, 1.82) is 0 Å². The molecule has 0 N–H and O–H groups in total. The van der Waals surface area contributed by atoms with Gasteiger partial charge in [0.15, 0.2) is 11.5 Å². The predicted octanol–water partition coefficient (Wildman–Crippen LogP) is 3.35. The fourth-order valence-electron chi connectivity index (χ4n) is 3.58. The number of benzene rings is 1. The third-order valence-electron chi connectivity index (χ3n) is 4.59. The Balaban J connectivity index is 2.04. The highest BCUT2D eigenvalue weighted by molar-refractivity contribution is 6.31. The van der Waals surface area contributed by atoms with E-state index in [2.05, 4.69) is 15.6 Å². The maximum atomic E-state index is 12.1. The Bertz CT molecular complexity index is 968. The highest BCUT2D eigenvalue weighted by Gasteiger charge is 2.30. The van der Waals surface area contributed by atoms with Crippen LogP contribution in [0, 0.1) is 6.92 Å². The first kappa shape index (κ1) is 14.3. The molecule has 4 rings (SSSR count). The number of hydrogen-bond donors (Lipinski definition) is 0. The van der Waals surface area contributed by atoms with Gasteiger partial charge >= 0.3 is 5.97 Å². The molecule has 1 aliphatic heterocycles. The van der Waals surface area contributed by atoms with Crippen LogP contribution in [0.1, 0.15) is 21.7 Å². The number of imidazole rings is 1. The summed E-state index contributed by atoms with van der Waals surface area (Å²) >= 11 is 6.15. The van der Waals surface area contributed by atoms with Crippen LogP contribution in [0.15, 0.2) is 18.2 Å². The van der Waals surface area contributed by atoms with Crippen LogP contribution in [0.2, 0.25) is 5.02 Å². The molecule has 0 atom stereocenters. The van der Waals surface area contributed by atoms with Gasteiger partial charge in [0.2, 0.25) is 0 Å². The normalized spacial score (nSPS) is 13.0. The molecule has 0 fully saturated rings. The number of methoxy groups -OCH3 is 1. The fraction of sp³-hybridized carbons (Fsp3) is 0.294. The molecule has 5 nitrogen and oxygen atoms in total. The quantitative estimate of drug-likeness (QED) is 0.643. The molecule has 23 heavy (non-hydrogen) atoms. The van der Waals surface area contributed by atoms with Gasteiger partial charge in [-0.1, -0.05) is 17.7 Å². The van der Waals surface area contributed by atoms with Crippen LogP contribution in [0.3, 0.4) is 0 Å². The molecule has 0 bridgehead atoms. The number of aromatic nitrogens is 3. The molecule has 0 radical (unpaired) electrons. The van der Waals surface area contributed by atoms with Crippen LogP contribution in [0.5, 0.6) is 0 Å². The van der Waals surface area contributed by atoms with Crippen molar-refractivity contribution in [2.45, 2.75) is 19.9 Å². The zero-order valence-corrected chi connectivity index (χ0v) is 13.9. The van der Waals surface area contributed by atoms with E-state index in [-0.39, 0.29) is 5.97 Å². The SMILES string of the molecule is COC(=O)c1c(C)nc2n1CCc1c-2n(C)c2cc(Cl)ccc12. The van der Waals surface area contributed by atoms with Crippen molar-refractivity contribution in [3.63, 3.8) is 0 Å². The van der Waals surface area contributed by atoms with E-state index >= 15 is 0 Å². The number of ether oxygens (including phenoxy) is 1. The van der Waals surface area contributed by atoms with E-state index in [1.165, 1.54) is 18.1 Å². The molecule has 0 aliphatic carbocycles. The van der Waals surface area contributed by atoms with Gasteiger partial charge in [0.1, 0.15) is 0 Å². The number of carbonyl (C=O) groups excluding carboxylic acids is 1. The van der Waals surface area contributed by atoms with Crippen molar-refractivity contribution in [2.24, 2.45) is 7.05 Å². The molecule has 0 saturated carbocycles. The molecule has 3 heterocycles. The van der Waals surface area contributed by atoms with Crippen LogP contribution >= 0.6 is 11.6 Å². The lowest BCUT2D eigenvalue weighted by Gasteiger charge is -2.18. The maximum absolute atomic E-state index is 12.1. The van der Waals surface area contributed by atoms with E-state index in [0.717, 1.165) is 30.0 Å². The average Bonchev–Trinajstić information content (AvgIpc) is 3.01. The first-order valence-electron chi connectivity index (χ1n) is 7.45. The van der Waals surface area contributed by atoms with E-state index in [0.29, 0.717) is 16.4 Å². The van der Waals surface area contributed by atoms with E-state index in [4.69, 9.17) is 16.3 Å². The van der Waals surface area contributed by atoms with Gasteiger partial charge in [-0.2, -0.15) is 0 Å². The molecule has 0 saturated heterocycles. The second kappa shape index (κ2) is 4.86. The van der Waals surface area contributed by atoms with Gasteiger partial charge < -0.3 is 13.9 Å². The second-order valence-electron chi connectivity index (χ2n) is 5.81. The van der Waals surface area contributed by atoms with Gasteiger partial charge in [-0.3, -0.25) is 0 Å². The molecule has 0 spiro atoms. The van der Waals surface area contributed by atoms with Crippen molar-refractivity contribution >= 4 is 28.5 Å². The zero-order chi connectivity index (χ0) is 16.3. The molecule has 6 heteroatoms. The number of aryl methyl sites for hydroxylation is 3. The van der Waals surface area contributed by atoms with Crippen molar-refractivity contribution in [1.82, 2.24) is 14.1 Å². The molecular weight excluding hydrogens is 314 g/mol. The number of fused-ring (bicyclic) bond motifs is 5. The first-order chi connectivity index (χ1) is 11.0. The Kier molecular flexibility index (Phi) is 3.03. The topological polar surface area (TPSA) is 49.0 Å². The lowest BCUT2D eigenvalue weighted by Crippen LogP contribution is -2.18. The van der Waals surface area contributed by atoms with Crippen LogP contribution in [0.4, 0.5) is 0 Å². The second-order valence-corrected chi connectivity index (χ2v) is 6.25. The lowest BCUT2D eigenvalue weighted by molar-refractivity contribution is 0.0587. The Labute approximate surface area is 138 Å². The van der Waals surface area contributed by atoms with E-state index in [1.54, 1.807) is 0 Å². The van der Waals surface area contributed by atoms with Gasteiger partial charge in [0.05, 0.1) is 24.0 Å². The van der Waals surface area contributed by atoms with Crippen molar-refractivity contribution < 1.29 is 9.53 Å². The van der Waals surface area contributed by atoms with Gasteiger partial charge in [0.25, 0.3) is 0 Å². The lowest BCUT2D eigenvalue weighted by atomic mass is 10.0. The Hall–Kier alpha value is -2.27. The number of carbonyl (C=O) groups is 1. The molecular formula is C17H16ClN3O2. The average molecular weight is 330 g/mol. The predicted molar refractivity (Wildman–Crippen MR) is 88.9 cm³/mol. The summed E-state index contributed by atoms with van der Waals surface area (Å²) in [6, 6.07) is 5.94. The van der Waals surface area contributed by atoms with Crippen molar-refractivity contribution in [2.75, 3.05) is 7.11 Å². The summed E-state index contributed by atoms with van der Waals surface area (Å²) < 4.78 is 8.98. The van der Waals surface area contributed by atoms with Crippen LogP contribution in [-0.4, -0.2) is 27.2 Å². The van der Waals surface area contributed by atoms with Gasteiger partial charge in [0, 0.05) is 24.0 Å². The first-order valence-corrected chi connectivity index (χ1v) is 7.83. The minimum absolute atomic E-state index is 0.341. The van der Waals surface area contributed by atoms with Gasteiger partial charge in [-0.15, -0.1) is 0 Å². The summed E-state index contributed by atoms with van der Waals surface area (Å²) in [4.78, 5) is 16.7. The fourth-order valence-corrected chi connectivity index (χ4v) is 3.74. The Morgan fingerprint density at radius 1 is 1.39 bits per heavy atom. The summed E-state index contributed by atoms with van der Waals surface area (Å²) in [5.74, 6) is 0.477. The molecule has 0 amide bonds. The number of halogens is 1. The number of rotatable bonds is 1. The Morgan fingerprint density at radius 3 is 2.91 bits per heavy atom. The standard InChI is InChI=1S/C17H16ClN3O2/c1-9-14(17(22)23-3)21-7-6-12-11-5-4-10(18)8-13(11)20(2)15(12)16(21)19-9/h4-5,8H,6-7H2,1-3H3.